The predicted octanol–water partition coefficient (Wildman–Crippen LogP) is 3.37. The van der Waals surface area contributed by atoms with Gasteiger partial charge in [0.2, 0.25) is 11.9 Å². The van der Waals surface area contributed by atoms with Crippen LogP contribution in [0.3, 0.4) is 0 Å². The molecule has 198 valence electrons. The maximum Gasteiger partial charge on any atom is 0.253 e. The van der Waals surface area contributed by atoms with Gasteiger partial charge in [0.05, 0.1) is 18.9 Å². The second-order valence-electron chi connectivity index (χ2n) is 10.2. The standard InChI is InChI=1S/C28H34N8O2/c1-19-16-20(26(37)34-9-4-2-3-5-10-34)6-7-23(19)36-11-8-22-24(21-17-30-27(29)31-18-21)32-28(33-25(22)36)35-12-14-38-15-13-35/h6-7,16-18H,2-5,8-15H2,1H3,(H2,29,30,31). The first-order valence-corrected chi connectivity index (χ1v) is 13.6. The lowest BCUT2D eigenvalue weighted by molar-refractivity contribution is 0.0761. The summed E-state index contributed by atoms with van der Waals surface area (Å²) in [4.78, 5) is 38.1. The number of amides is 1. The maximum absolute atomic E-state index is 13.2. The molecule has 2 aromatic heterocycles. The highest BCUT2D eigenvalue weighted by atomic mass is 16.5. The van der Waals surface area contributed by atoms with Crippen LogP contribution in [0.2, 0.25) is 0 Å². The molecule has 10 nitrogen and oxygen atoms in total. The summed E-state index contributed by atoms with van der Waals surface area (Å²) in [6.07, 6.45) is 8.83. The zero-order valence-electron chi connectivity index (χ0n) is 21.9. The molecule has 3 aromatic rings. The molecule has 0 atom stereocenters. The number of ether oxygens (including phenoxy) is 1. The minimum atomic E-state index is 0.130. The van der Waals surface area contributed by atoms with Crippen molar-refractivity contribution in [2.75, 3.05) is 61.5 Å². The number of nitrogen functional groups attached to an aromatic ring is 1. The van der Waals surface area contributed by atoms with E-state index >= 15 is 0 Å². The van der Waals surface area contributed by atoms with Crippen molar-refractivity contribution in [2.45, 2.75) is 39.0 Å². The van der Waals surface area contributed by atoms with E-state index in [1.165, 1.54) is 12.8 Å². The molecule has 3 aliphatic heterocycles. The third-order valence-electron chi connectivity index (χ3n) is 7.68. The average Bonchev–Trinajstić information content (AvgIpc) is 3.18. The van der Waals surface area contributed by atoms with Crippen LogP contribution in [0.5, 0.6) is 0 Å². The van der Waals surface area contributed by atoms with Crippen molar-refractivity contribution in [2.24, 2.45) is 0 Å². The second-order valence-corrected chi connectivity index (χ2v) is 10.2. The molecular weight excluding hydrogens is 480 g/mol. The van der Waals surface area contributed by atoms with Crippen LogP contribution in [-0.2, 0) is 11.2 Å². The first kappa shape index (κ1) is 24.5. The molecule has 0 bridgehead atoms. The van der Waals surface area contributed by atoms with Crippen LogP contribution in [0, 0.1) is 6.92 Å². The van der Waals surface area contributed by atoms with Crippen LogP contribution in [0.1, 0.15) is 47.2 Å². The van der Waals surface area contributed by atoms with E-state index in [9.17, 15) is 4.79 Å². The molecule has 0 saturated carbocycles. The SMILES string of the molecule is Cc1cc(C(=O)N2CCCCCC2)ccc1N1CCc2c(-c3cnc(N)nc3)nc(N3CCOCC3)nc21. The normalized spacial score (nSPS) is 17.9. The molecule has 1 amide bonds. The van der Waals surface area contributed by atoms with Gasteiger partial charge in [-0.15, -0.1) is 0 Å². The van der Waals surface area contributed by atoms with Crippen molar-refractivity contribution in [1.82, 2.24) is 24.8 Å². The van der Waals surface area contributed by atoms with Gasteiger partial charge >= 0.3 is 0 Å². The highest BCUT2D eigenvalue weighted by Crippen LogP contribution is 2.40. The van der Waals surface area contributed by atoms with E-state index in [2.05, 4.69) is 32.8 Å². The van der Waals surface area contributed by atoms with Crippen molar-refractivity contribution in [3.05, 3.63) is 47.3 Å². The fraction of sp³-hybridized carbons (Fsp3) is 0.464. The molecule has 2 N–H and O–H groups in total. The third-order valence-corrected chi connectivity index (χ3v) is 7.68. The quantitative estimate of drug-likeness (QED) is 0.560. The minimum absolute atomic E-state index is 0.130. The zero-order chi connectivity index (χ0) is 26.1. The lowest BCUT2D eigenvalue weighted by Gasteiger charge is -2.29. The number of aromatic nitrogens is 4. The van der Waals surface area contributed by atoms with Crippen LogP contribution >= 0.6 is 0 Å². The topological polar surface area (TPSA) is 114 Å². The van der Waals surface area contributed by atoms with Crippen molar-refractivity contribution in [3.8, 4) is 11.3 Å². The van der Waals surface area contributed by atoms with Crippen LogP contribution in [-0.4, -0.2) is 76.7 Å². The minimum Gasteiger partial charge on any atom is -0.378 e. The second kappa shape index (κ2) is 10.5. The van der Waals surface area contributed by atoms with Gasteiger partial charge in [0.25, 0.3) is 5.91 Å². The number of carbonyl (C=O) groups is 1. The van der Waals surface area contributed by atoms with E-state index in [1.807, 2.05) is 17.0 Å². The fourth-order valence-electron chi connectivity index (χ4n) is 5.63. The number of rotatable bonds is 4. The van der Waals surface area contributed by atoms with Gasteiger partial charge < -0.3 is 25.2 Å². The molecule has 6 rings (SSSR count). The summed E-state index contributed by atoms with van der Waals surface area (Å²) >= 11 is 0. The summed E-state index contributed by atoms with van der Waals surface area (Å²) in [5, 5.41) is 0. The molecule has 0 radical (unpaired) electrons. The highest BCUT2D eigenvalue weighted by molar-refractivity contribution is 5.95. The smallest absolute Gasteiger partial charge is 0.253 e. The van der Waals surface area contributed by atoms with E-state index in [1.54, 1.807) is 12.4 Å². The van der Waals surface area contributed by atoms with Crippen molar-refractivity contribution < 1.29 is 9.53 Å². The molecule has 3 aliphatic rings. The Hall–Kier alpha value is -3.79. The Bertz CT molecular complexity index is 1320. The number of benzene rings is 1. The van der Waals surface area contributed by atoms with Gasteiger partial charge in [-0.25, -0.2) is 15.0 Å². The Morgan fingerprint density at radius 1 is 0.947 bits per heavy atom. The lowest BCUT2D eigenvalue weighted by atomic mass is 10.1. The predicted molar refractivity (Wildman–Crippen MR) is 147 cm³/mol. The zero-order valence-corrected chi connectivity index (χ0v) is 21.9. The Morgan fingerprint density at radius 3 is 2.39 bits per heavy atom. The fourth-order valence-corrected chi connectivity index (χ4v) is 5.63. The Morgan fingerprint density at radius 2 is 1.68 bits per heavy atom. The Balaban J connectivity index is 1.36. The molecule has 2 saturated heterocycles. The van der Waals surface area contributed by atoms with Crippen molar-refractivity contribution >= 4 is 29.3 Å². The number of morpholine rings is 1. The summed E-state index contributed by atoms with van der Waals surface area (Å²) in [6, 6.07) is 6.06. The van der Waals surface area contributed by atoms with Gasteiger partial charge in [-0.3, -0.25) is 4.79 Å². The first-order chi connectivity index (χ1) is 18.6. The number of likely N-dealkylation sites (tertiary alicyclic amines) is 1. The number of nitrogens with two attached hydrogens (primary N) is 1. The lowest BCUT2D eigenvalue weighted by Crippen LogP contribution is -2.37. The van der Waals surface area contributed by atoms with Gasteiger partial charge in [-0.1, -0.05) is 12.8 Å². The summed E-state index contributed by atoms with van der Waals surface area (Å²) in [5.41, 5.74) is 11.4. The molecular formula is C28H34N8O2. The van der Waals surface area contributed by atoms with E-state index in [4.69, 9.17) is 20.4 Å². The van der Waals surface area contributed by atoms with Crippen molar-refractivity contribution in [3.63, 3.8) is 0 Å². The van der Waals surface area contributed by atoms with E-state index in [0.29, 0.717) is 19.2 Å². The van der Waals surface area contributed by atoms with Crippen molar-refractivity contribution in [1.29, 1.82) is 0 Å². The molecule has 0 spiro atoms. The van der Waals surface area contributed by atoms with E-state index < -0.39 is 0 Å². The van der Waals surface area contributed by atoms with Gasteiger partial charge in [0.1, 0.15) is 5.82 Å². The molecule has 2 fully saturated rings. The monoisotopic (exact) mass is 514 g/mol. The van der Waals surface area contributed by atoms with E-state index in [0.717, 1.165) is 91.4 Å². The van der Waals surface area contributed by atoms with Gasteiger partial charge in [0.15, 0.2) is 0 Å². The number of anilines is 4. The van der Waals surface area contributed by atoms with Crippen LogP contribution < -0.4 is 15.5 Å². The van der Waals surface area contributed by atoms with Crippen LogP contribution in [0.15, 0.2) is 30.6 Å². The average molecular weight is 515 g/mol. The van der Waals surface area contributed by atoms with Gasteiger partial charge in [-0.05, 0) is 49.9 Å². The van der Waals surface area contributed by atoms with Crippen LogP contribution in [0.25, 0.3) is 11.3 Å². The number of hydrogen-bond acceptors (Lipinski definition) is 9. The Labute approximate surface area is 222 Å². The molecule has 0 aliphatic carbocycles. The Kier molecular flexibility index (Phi) is 6.80. The third kappa shape index (κ3) is 4.76. The summed E-state index contributed by atoms with van der Waals surface area (Å²) in [7, 11) is 0. The summed E-state index contributed by atoms with van der Waals surface area (Å²) < 4.78 is 5.56. The molecule has 0 unspecified atom stereocenters. The maximum atomic E-state index is 13.2. The molecule has 10 heteroatoms. The summed E-state index contributed by atoms with van der Waals surface area (Å²) in [6.45, 7) is 7.32. The molecule has 38 heavy (non-hydrogen) atoms. The van der Waals surface area contributed by atoms with Crippen LogP contribution in [0.4, 0.5) is 23.4 Å². The van der Waals surface area contributed by atoms with E-state index in [-0.39, 0.29) is 11.9 Å². The highest BCUT2D eigenvalue weighted by Gasteiger charge is 2.30. The van der Waals surface area contributed by atoms with Gasteiger partial charge in [-0.2, -0.15) is 4.98 Å². The van der Waals surface area contributed by atoms with Gasteiger partial charge in [0, 0.05) is 67.5 Å². The molecule has 5 heterocycles. The number of fused-ring (bicyclic) bond motifs is 1. The number of carbonyl (C=O) groups excluding carboxylic acids is 1. The molecule has 1 aromatic carbocycles. The number of aryl methyl sites for hydroxylation is 1. The largest absolute Gasteiger partial charge is 0.378 e. The summed E-state index contributed by atoms with van der Waals surface area (Å²) in [5.74, 6) is 1.94. The number of nitrogens with zero attached hydrogens (tertiary/aromatic N) is 7. The number of hydrogen-bond donors (Lipinski definition) is 1. The first-order valence-electron chi connectivity index (χ1n) is 13.6.